The van der Waals surface area contributed by atoms with Crippen LogP contribution < -0.4 is 10.5 Å². The normalized spacial score (nSPS) is 12.2. The molecule has 0 saturated carbocycles. The quantitative estimate of drug-likeness (QED) is 0.327. The van der Waals surface area contributed by atoms with Gasteiger partial charge in [0.2, 0.25) is 0 Å². The van der Waals surface area contributed by atoms with Crippen LogP contribution in [0.4, 0.5) is 0 Å². The summed E-state index contributed by atoms with van der Waals surface area (Å²) in [4.78, 5) is 10.6. The zero-order valence-electron chi connectivity index (χ0n) is 7.23. The van der Waals surface area contributed by atoms with Gasteiger partial charge in [-0.15, -0.1) is 0 Å². The van der Waals surface area contributed by atoms with Crippen molar-refractivity contribution in [2.45, 2.75) is 12.3 Å². The van der Waals surface area contributed by atoms with Crippen molar-refractivity contribution in [3.8, 4) is 5.75 Å². The summed E-state index contributed by atoms with van der Waals surface area (Å²) in [6.07, 6.45) is 0. The first-order valence-electron chi connectivity index (χ1n) is 3.81. The first-order valence-corrected chi connectivity index (χ1v) is 4.33. The number of esters is 1. The molecule has 0 saturated heterocycles. The molecule has 2 N–H and O–H groups in total. The summed E-state index contributed by atoms with van der Waals surface area (Å²) in [6.45, 7) is 1.36. The summed E-state index contributed by atoms with van der Waals surface area (Å²) < 4.78 is 4.84. The molecular weight excluding hydrogens is 186 g/mol. The van der Waals surface area contributed by atoms with Crippen molar-refractivity contribution in [1.29, 1.82) is 0 Å². The molecule has 0 fully saturated rings. The molecule has 0 aliphatic rings. The Bertz CT molecular complexity index is 295. The van der Waals surface area contributed by atoms with Gasteiger partial charge in [-0.05, 0) is 17.7 Å². The maximum atomic E-state index is 10.6. The average Bonchev–Trinajstić information content (AvgIpc) is 2.04. The zero-order valence-corrected chi connectivity index (χ0v) is 8.12. The summed E-state index contributed by atoms with van der Waals surface area (Å²) in [6, 6.07) is 6.92. The SMILES string of the molecule is CC(=O)Oc1ccc(C(N)S)cc1. The van der Waals surface area contributed by atoms with Gasteiger partial charge in [-0.3, -0.25) is 4.79 Å². The van der Waals surface area contributed by atoms with Gasteiger partial charge in [0.15, 0.2) is 0 Å². The Balaban J connectivity index is 2.75. The van der Waals surface area contributed by atoms with Crippen LogP contribution in [0.15, 0.2) is 24.3 Å². The largest absolute Gasteiger partial charge is 0.427 e. The third-order valence-corrected chi connectivity index (χ3v) is 1.78. The lowest BCUT2D eigenvalue weighted by Gasteiger charge is -2.05. The number of rotatable bonds is 2. The van der Waals surface area contributed by atoms with Gasteiger partial charge in [0.1, 0.15) is 5.75 Å². The number of thiol groups is 1. The number of carbonyl (C=O) groups is 1. The van der Waals surface area contributed by atoms with Crippen LogP contribution in [-0.4, -0.2) is 5.97 Å². The lowest BCUT2D eigenvalue weighted by molar-refractivity contribution is -0.131. The Morgan fingerprint density at radius 1 is 1.46 bits per heavy atom. The third kappa shape index (κ3) is 3.08. The minimum Gasteiger partial charge on any atom is -0.427 e. The number of carbonyl (C=O) groups excluding carboxylic acids is 1. The van der Waals surface area contributed by atoms with Gasteiger partial charge >= 0.3 is 5.97 Å². The highest BCUT2D eigenvalue weighted by molar-refractivity contribution is 7.80. The number of ether oxygens (including phenoxy) is 1. The van der Waals surface area contributed by atoms with Crippen LogP contribution in [0.25, 0.3) is 0 Å². The van der Waals surface area contributed by atoms with E-state index in [1.54, 1.807) is 24.3 Å². The Morgan fingerprint density at radius 3 is 2.38 bits per heavy atom. The second-order valence-electron chi connectivity index (χ2n) is 2.61. The zero-order chi connectivity index (χ0) is 9.84. The second kappa shape index (κ2) is 4.30. The van der Waals surface area contributed by atoms with Gasteiger partial charge in [0, 0.05) is 6.92 Å². The second-order valence-corrected chi connectivity index (χ2v) is 3.16. The molecular formula is C9H11NO2S. The van der Waals surface area contributed by atoms with Gasteiger partial charge < -0.3 is 10.5 Å². The molecule has 70 valence electrons. The Kier molecular flexibility index (Phi) is 3.33. The first kappa shape index (κ1) is 10.1. The third-order valence-electron chi connectivity index (χ3n) is 1.48. The van der Waals surface area contributed by atoms with E-state index in [1.165, 1.54) is 6.92 Å². The van der Waals surface area contributed by atoms with E-state index >= 15 is 0 Å². The van der Waals surface area contributed by atoms with Crippen LogP contribution in [0.2, 0.25) is 0 Å². The topological polar surface area (TPSA) is 52.3 Å². The van der Waals surface area contributed by atoms with E-state index in [9.17, 15) is 4.79 Å². The van der Waals surface area contributed by atoms with Crippen LogP contribution >= 0.6 is 12.6 Å². The van der Waals surface area contributed by atoms with Gasteiger partial charge in [-0.2, -0.15) is 12.6 Å². The Hall–Kier alpha value is -1.00. The van der Waals surface area contributed by atoms with Crippen molar-refractivity contribution in [2.75, 3.05) is 0 Å². The van der Waals surface area contributed by atoms with Gasteiger partial charge in [0.25, 0.3) is 0 Å². The number of hydrogen-bond donors (Lipinski definition) is 2. The fraction of sp³-hybridized carbons (Fsp3) is 0.222. The monoisotopic (exact) mass is 197 g/mol. The molecule has 1 aromatic carbocycles. The minimum absolute atomic E-state index is 0.300. The summed E-state index contributed by atoms with van der Waals surface area (Å²) in [5, 5.41) is -0.300. The molecule has 0 aliphatic heterocycles. The molecule has 1 rings (SSSR count). The Labute approximate surface area is 82.3 Å². The summed E-state index contributed by atoms with van der Waals surface area (Å²) in [7, 11) is 0. The fourth-order valence-corrected chi connectivity index (χ4v) is 1.07. The molecule has 0 spiro atoms. The molecule has 0 radical (unpaired) electrons. The van der Waals surface area contributed by atoms with Crippen molar-refractivity contribution in [3.63, 3.8) is 0 Å². The van der Waals surface area contributed by atoms with E-state index in [0.717, 1.165) is 5.56 Å². The molecule has 0 bridgehead atoms. The highest BCUT2D eigenvalue weighted by atomic mass is 32.1. The molecule has 1 aromatic rings. The van der Waals surface area contributed by atoms with E-state index in [2.05, 4.69) is 12.6 Å². The van der Waals surface area contributed by atoms with Gasteiger partial charge in [-0.1, -0.05) is 12.1 Å². The smallest absolute Gasteiger partial charge is 0.308 e. The van der Waals surface area contributed by atoms with Crippen molar-refractivity contribution in [2.24, 2.45) is 5.73 Å². The minimum atomic E-state index is -0.331. The molecule has 0 heterocycles. The Morgan fingerprint density at radius 2 is 2.00 bits per heavy atom. The molecule has 1 atom stereocenters. The van der Waals surface area contributed by atoms with Crippen molar-refractivity contribution < 1.29 is 9.53 Å². The summed E-state index contributed by atoms with van der Waals surface area (Å²) in [5.74, 6) is 0.188. The van der Waals surface area contributed by atoms with E-state index in [1.807, 2.05) is 0 Å². The molecule has 3 nitrogen and oxygen atoms in total. The van der Waals surface area contributed by atoms with Crippen molar-refractivity contribution in [1.82, 2.24) is 0 Å². The number of benzene rings is 1. The van der Waals surface area contributed by atoms with Crippen molar-refractivity contribution >= 4 is 18.6 Å². The molecule has 4 heteroatoms. The molecule has 13 heavy (non-hydrogen) atoms. The first-order chi connectivity index (χ1) is 6.09. The van der Waals surface area contributed by atoms with Gasteiger partial charge in [0.05, 0.1) is 5.37 Å². The van der Waals surface area contributed by atoms with E-state index in [0.29, 0.717) is 5.75 Å². The highest BCUT2D eigenvalue weighted by Gasteiger charge is 2.01. The molecule has 1 unspecified atom stereocenters. The van der Waals surface area contributed by atoms with Crippen LogP contribution in [0.1, 0.15) is 17.9 Å². The average molecular weight is 197 g/mol. The highest BCUT2D eigenvalue weighted by Crippen LogP contribution is 2.18. The standard InChI is InChI=1S/C9H11NO2S/c1-6(11)12-8-4-2-7(3-5-8)9(10)13/h2-5,9,13H,10H2,1H3. The van der Waals surface area contributed by atoms with Crippen LogP contribution in [0.5, 0.6) is 5.75 Å². The summed E-state index contributed by atoms with van der Waals surface area (Å²) >= 11 is 4.06. The summed E-state index contributed by atoms with van der Waals surface area (Å²) in [5.41, 5.74) is 6.41. The van der Waals surface area contributed by atoms with E-state index in [-0.39, 0.29) is 11.3 Å². The maximum absolute atomic E-state index is 10.6. The lowest BCUT2D eigenvalue weighted by atomic mass is 10.2. The van der Waals surface area contributed by atoms with E-state index in [4.69, 9.17) is 10.5 Å². The van der Waals surface area contributed by atoms with E-state index < -0.39 is 0 Å². The predicted octanol–water partition coefficient (Wildman–Crippen LogP) is 1.50. The van der Waals surface area contributed by atoms with Crippen LogP contribution in [0.3, 0.4) is 0 Å². The maximum Gasteiger partial charge on any atom is 0.308 e. The molecule has 0 aliphatic carbocycles. The number of hydrogen-bond acceptors (Lipinski definition) is 4. The van der Waals surface area contributed by atoms with Crippen LogP contribution in [-0.2, 0) is 4.79 Å². The predicted molar refractivity (Wildman–Crippen MR) is 53.7 cm³/mol. The number of nitrogens with two attached hydrogens (primary N) is 1. The molecule has 0 aromatic heterocycles. The fourth-order valence-electron chi connectivity index (χ4n) is 0.899. The van der Waals surface area contributed by atoms with Crippen LogP contribution in [0, 0.1) is 0 Å². The van der Waals surface area contributed by atoms with Crippen molar-refractivity contribution in [3.05, 3.63) is 29.8 Å². The van der Waals surface area contributed by atoms with Gasteiger partial charge in [-0.25, -0.2) is 0 Å². The lowest BCUT2D eigenvalue weighted by Crippen LogP contribution is -2.03. The molecule has 0 amide bonds.